The maximum atomic E-state index is 12.9. The molecule has 2 nitrogen and oxygen atoms in total. The minimum absolute atomic E-state index is 0.00305. The highest BCUT2D eigenvalue weighted by Crippen LogP contribution is 2.48. The molecule has 0 spiro atoms. The zero-order valence-electron chi connectivity index (χ0n) is 13.8. The van der Waals surface area contributed by atoms with Crippen molar-refractivity contribution in [2.45, 2.75) is 31.2 Å². The largest absolute Gasteiger partial charge is 0.349 e. The fraction of sp³-hybridized carbons (Fsp3) is 0.227. The summed E-state index contributed by atoms with van der Waals surface area (Å²) in [6.45, 7) is 2.06. The second-order valence-electron chi connectivity index (χ2n) is 6.75. The fourth-order valence-electron chi connectivity index (χ4n) is 3.42. The Morgan fingerprint density at radius 3 is 2.29 bits per heavy atom. The van der Waals surface area contributed by atoms with Crippen molar-refractivity contribution in [2.24, 2.45) is 0 Å². The second kappa shape index (κ2) is 5.79. The van der Waals surface area contributed by atoms with Crippen LogP contribution in [0.5, 0.6) is 0 Å². The van der Waals surface area contributed by atoms with Crippen LogP contribution in [0.4, 0.5) is 0 Å². The first-order valence-corrected chi connectivity index (χ1v) is 8.54. The number of benzene rings is 3. The number of fused-ring (bicyclic) bond motifs is 1. The van der Waals surface area contributed by atoms with Gasteiger partial charge in [-0.3, -0.25) is 4.79 Å². The fourth-order valence-corrected chi connectivity index (χ4v) is 3.42. The van der Waals surface area contributed by atoms with Gasteiger partial charge in [0.15, 0.2) is 0 Å². The summed E-state index contributed by atoms with van der Waals surface area (Å²) in [7, 11) is 0. The first-order chi connectivity index (χ1) is 11.7. The summed E-state index contributed by atoms with van der Waals surface area (Å²) < 4.78 is 0. The highest BCUT2D eigenvalue weighted by atomic mass is 16.2. The smallest absolute Gasteiger partial charge is 0.231 e. The summed E-state index contributed by atoms with van der Waals surface area (Å²) in [5.74, 6) is 0.148. The Labute approximate surface area is 142 Å². The molecule has 3 aromatic carbocycles. The van der Waals surface area contributed by atoms with Gasteiger partial charge < -0.3 is 5.32 Å². The van der Waals surface area contributed by atoms with Crippen molar-refractivity contribution in [3.8, 4) is 0 Å². The normalized spacial score (nSPS) is 16.5. The van der Waals surface area contributed by atoms with Crippen LogP contribution in [0, 0.1) is 0 Å². The molecule has 0 radical (unpaired) electrons. The molecule has 2 heteroatoms. The molecule has 0 aliphatic heterocycles. The van der Waals surface area contributed by atoms with Gasteiger partial charge in [-0.1, -0.05) is 66.7 Å². The Balaban J connectivity index is 1.55. The minimum Gasteiger partial charge on any atom is -0.349 e. The standard InChI is InChI=1S/C22H21NO/c1-16(18-12-11-17-7-5-6-8-19(17)15-18)23-21(24)22(13-14-22)20-9-3-2-4-10-20/h2-12,15-16H,13-14H2,1H3,(H,23,24). The topological polar surface area (TPSA) is 29.1 Å². The second-order valence-corrected chi connectivity index (χ2v) is 6.75. The summed E-state index contributed by atoms with van der Waals surface area (Å²) in [5.41, 5.74) is 1.96. The van der Waals surface area contributed by atoms with E-state index >= 15 is 0 Å². The van der Waals surface area contributed by atoms with E-state index in [0.717, 1.165) is 24.0 Å². The van der Waals surface area contributed by atoms with E-state index in [0.29, 0.717) is 0 Å². The molecule has 1 saturated carbocycles. The van der Waals surface area contributed by atoms with E-state index in [-0.39, 0.29) is 17.4 Å². The highest BCUT2D eigenvalue weighted by molar-refractivity contribution is 5.91. The van der Waals surface area contributed by atoms with Crippen molar-refractivity contribution in [3.63, 3.8) is 0 Å². The molecule has 1 unspecified atom stereocenters. The number of hydrogen-bond acceptors (Lipinski definition) is 1. The van der Waals surface area contributed by atoms with Crippen molar-refractivity contribution in [2.75, 3.05) is 0 Å². The first-order valence-electron chi connectivity index (χ1n) is 8.54. The number of carbonyl (C=O) groups is 1. The third-order valence-electron chi connectivity index (χ3n) is 5.13. The molecule has 1 N–H and O–H groups in total. The zero-order valence-corrected chi connectivity index (χ0v) is 13.8. The molecular formula is C22H21NO. The Kier molecular flexibility index (Phi) is 3.61. The number of rotatable bonds is 4. The molecule has 120 valence electrons. The molecule has 0 saturated heterocycles. The van der Waals surface area contributed by atoms with E-state index in [9.17, 15) is 4.79 Å². The maximum absolute atomic E-state index is 12.9. The van der Waals surface area contributed by atoms with E-state index in [4.69, 9.17) is 0 Å². The monoisotopic (exact) mass is 315 g/mol. The molecular weight excluding hydrogens is 294 g/mol. The Morgan fingerprint density at radius 1 is 0.917 bits per heavy atom. The summed E-state index contributed by atoms with van der Waals surface area (Å²) in [6.07, 6.45) is 1.88. The maximum Gasteiger partial charge on any atom is 0.231 e. The van der Waals surface area contributed by atoms with Crippen LogP contribution in [-0.4, -0.2) is 5.91 Å². The summed E-state index contributed by atoms with van der Waals surface area (Å²) >= 11 is 0. The zero-order chi connectivity index (χ0) is 16.6. The molecule has 0 aromatic heterocycles. The molecule has 1 aliphatic carbocycles. The van der Waals surface area contributed by atoms with Gasteiger partial charge in [-0.15, -0.1) is 0 Å². The van der Waals surface area contributed by atoms with E-state index < -0.39 is 0 Å². The van der Waals surface area contributed by atoms with E-state index in [1.54, 1.807) is 0 Å². The molecule has 1 amide bonds. The van der Waals surface area contributed by atoms with Gasteiger partial charge in [0, 0.05) is 0 Å². The van der Waals surface area contributed by atoms with Gasteiger partial charge in [0.25, 0.3) is 0 Å². The average molecular weight is 315 g/mol. The predicted molar refractivity (Wildman–Crippen MR) is 97.9 cm³/mol. The molecule has 3 aromatic rings. The molecule has 1 fully saturated rings. The molecule has 4 rings (SSSR count). The Hall–Kier alpha value is -2.61. The lowest BCUT2D eigenvalue weighted by atomic mass is 9.94. The number of nitrogens with one attached hydrogen (secondary N) is 1. The van der Waals surface area contributed by atoms with Crippen molar-refractivity contribution in [3.05, 3.63) is 83.9 Å². The van der Waals surface area contributed by atoms with E-state index in [1.165, 1.54) is 10.8 Å². The van der Waals surface area contributed by atoms with Gasteiger partial charge >= 0.3 is 0 Å². The van der Waals surface area contributed by atoms with Gasteiger partial charge in [0.05, 0.1) is 11.5 Å². The molecule has 0 heterocycles. The third kappa shape index (κ3) is 2.58. The van der Waals surface area contributed by atoms with Gasteiger partial charge in [-0.05, 0) is 47.7 Å². The van der Waals surface area contributed by atoms with Crippen LogP contribution in [0.3, 0.4) is 0 Å². The lowest BCUT2D eigenvalue weighted by Gasteiger charge is -2.20. The van der Waals surface area contributed by atoms with E-state index in [2.05, 4.69) is 54.7 Å². The van der Waals surface area contributed by atoms with Crippen molar-refractivity contribution < 1.29 is 4.79 Å². The molecule has 24 heavy (non-hydrogen) atoms. The summed E-state index contributed by atoms with van der Waals surface area (Å²) in [4.78, 5) is 12.9. The average Bonchev–Trinajstić information content (AvgIpc) is 3.44. The van der Waals surface area contributed by atoms with Crippen LogP contribution in [0.25, 0.3) is 10.8 Å². The van der Waals surface area contributed by atoms with Crippen molar-refractivity contribution in [1.82, 2.24) is 5.32 Å². The lowest BCUT2D eigenvalue weighted by Crippen LogP contribution is -2.36. The quantitative estimate of drug-likeness (QED) is 0.739. The van der Waals surface area contributed by atoms with E-state index in [1.807, 2.05) is 30.3 Å². The van der Waals surface area contributed by atoms with Gasteiger partial charge in [0.1, 0.15) is 0 Å². The van der Waals surface area contributed by atoms with Crippen LogP contribution in [0.2, 0.25) is 0 Å². The third-order valence-corrected chi connectivity index (χ3v) is 5.13. The minimum atomic E-state index is -0.313. The van der Waals surface area contributed by atoms with Crippen LogP contribution >= 0.6 is 0 Å². The Morgan fingerprint density at radius 2 is 1.58 bits per heavy atom. The van der Waals surface area contributed by atoms with Crippen molar-refractivity contribution in [1.29, 1.82) is 0 Å². The SMILES string of the molecule is CC(NC(=O)C1(c2ccccc2)CC1)c1ccc2ccccc2c1. The van der Waals surface area contributed by atoms with Gasteiger partial charge in [0.2, 0.25) is 5.91 Å². The summed E-state index contributed by atoms with van der Waals surface area (Å²) in [5, 5.41) is 5.66. The van der Waals surface area contributed by atoms with Crippen molar-refractivity contribution >= 4 is 16.7 Å². The first kappa shape index (κ1) is 14.9. The lowest BCUT2D eigenvalue weighted by molar-refractivity contribution is -0.124. The predicted octanol–water partition coefficient (Wildman–Crippen LogP) is 4.75. The Bertz CT molecular complexity index is 881. The molecule has 1 atom stereocenters. The molecule has 1 aliphatic rings. The van der Waals surface area contributed by atoms with Crippen LogP contribution in [-0.2, 0) is 10.2 Å². The van der Waals surface area contributed by atoms with Crippen LogP contribution in [0.15, 0.2) is 72.8 Å². The number of carbonyl (C=O) groups excluding carboxylic acids is 1. The summed E-state index contributed by atoms with van der Waals surface area (Å²) in [6, 6.07) is 24.9. The van der Waals surface area contributed by atoms with Crippen LogP contribution in [0.1, 0.15) is 36.9 Å². The number of hydrogen-bond donors (Lipinski definition) is 1. The van der Waals surface area contributed by atoms with Crippen LogP contribution < -0.4 is 5.32 Å². The number of amides is 1. The highest BCUT2D eigenvalue weighted by Gasteiger charge is 2.51. The molecule has 0 bridgehead atoms. The van der Waals surface area contributed by atoms with Gasteiger partial charge in [-0.2, -0.15) is 0 Å². The van der Waals surface area contributed by atoms with Gasteiger partial charge in [-0.25, -0.2) is 0 Å².